The maximum Gasteiger partial charge on any atom is 0.410 e. The number of amides is 1. The monoisotopic (exact) mass is 309 g/mol. The second kappa shape index (κ2) is 6.28. The number of aliphatic hydroxyl groups is 1. The lowest BCUT2D eigenvalue weighted by Crippen LogP contribution is -2.35. The van der Waals surface area contributed by atoms with Crippen LogP contribution in [0, 0.1) is 5.92 Å². The summed E-state index contributed by atoms with van der Waals surface area (Å²) in [6.45, 7) is 10.8. The summed E-state index contributed by atoms with van der Waals surface area (Å²) in [6, 6.07) is 0.296. The number of carbonyl (C=O) groups excluding carboxylic acids is 1. The van der Waals surface area contributed by atoms with Crippen LogP contribution < -0.4 is 0 Å². The summed E-state index contributed by atoms with van der Waals surface area (Å²) in [6.07, 6.45) is 3.53. The lowest BCUT2D eigenvalue weighted by atomic mass is 9.92. The van der Waals surface area contributed by atoms with E-state index in [1.54, 1.807) is 4.90 Å². The summed E-state index contributed by atoms with van der Waals surface area (Å²) in [7, 11) is 0. The second-order valence-electron chi connectivity index (χ2n) is 7.28. The van der Waals surface area contributed by atoms with Gasteiger partial charge in [0.15, 0.2) is 0 Å². The number of nitrogens with zero attached hydrogens (tertiary/aromatic N) is 3. The van der Waals surface area contributed by atoms with E-state index >= 15 is 0 Å². The molecule has 1 N–H and O–H groups in total. The van der Waals surface area contributed by atoms with Crippen LogP contribution in [-0.4, -0.2) is 51.2 Å². The van der Waals surface area contributed by atoms with E-state index in [1.807, 2.05) is 37.8 Å². The van der Waals surface area contributed by atoms with Gasteiger partial charge in [-0.15, -0.1) is 0 Å². The normalized spacial score (nSPS) is 22.4. The van der Waals surface area contributed by atoms with Crippen molar-refractivity contribution < 1.29 is 14.6 Å². The van der Waals surface area contributed by atoms with E-state index in [4.69, 9.17) is 4.74 Å². The summed E-state index contributed by atoms with van der Waals surface area (Å²) < 4.78 is 7.33. The van der Waals surface area contributed by atoms with Gasteiger partial charge in [0.25, 0.3) is 0 Å². The first kappa shape index (κ1) is 16.8. The van der Waals surface area contributed by atoms with E-state index in [0.717, 1.165) is 5.56 Å². The van der Waals surface area contributed by atoms with Crippen LogP contribution in [0.3, 0.4) is 0 Å². The van der Waals surface area contributed by atoms with Gasteiger partial charge >= 0.3 is 6.09 Å². The minimum atomic E-state index is -0.508. The van der Waals surface area contributed by atoms with Crippen molar-refractivity contribution in [1.82, 2.24) is 14.7 Å². The van der Waals surface area contributed by atoms with Gasteiger partial charge in [0, 0.05) is 43.8 Å². The molecule has 2 rings (SSSR count). The third-order valence-corrected chi connectivity index (χ3v) is 3.91. The molecule has 1 aliphatic rings. The van der Waals surface area contributed by atoms with Crippen LogP contribution >= 0.6 is 0 Å². The quantitative estimate of drug-likeness (QED) is 0.931. The van der Waals surface area contributed by atoms with E-state index in [0.29, 0.717) is 19.1 Å². The molecule has 0 aromatic carbocycles. The molecule has 0 spiro atoms. The predicted molar refractivity (Wildman–Crippen MR) is 83.7 cm³/mol. The van der Waals surface area contributed by atoms with Gasteiger partial charge in [0.05, 0.1) is 6.20 Å². The molecular formula is C16H27N3O3. The summed E-state index contributed by atoms with van der Waals surface area (Å²) in [5.74, 6) is 0.127. The molecule has 0 radical (unpaired) electrons. The second-order valence-corrected chi connectivity index (χ2v) is 7.28. The lowest BCUT2D eigenvalue weighted by Gasteiger charge is -2.24. The Hall–Kier alpha value is -1.56. The van der Waals surface area contributed by atoms with Crippen molar-refractivity contribution in [3.05, 3.63) is 18.0 Å². The van der Waals surface area contributed by atoms with Crippen molar-refractivity contribution in [2.75, 3.05) is 19.7 Å². The molecule has 1 saturated heterocycles. The molecule has 6 nitrogen and oxygen atoms in total. The number of rotatable bonds is 3. The molecule has 0 bridgehead atoms. The van der Waals surface area contributed by atoms with Crippen LogP contribution in [0.25, 0.3) is 0 Å². The molecule has 1 amide bonds. The third kappa shape index (κ3) is 3.80. The average Bonchev–Trinajstić information content (AvgIpc) is 3.03. The first-order chi connectivity index (χ1) is 10.2. The molecule has 0 saturated carbocycles. The van der Waals surface area contributed by atoms with Crippen LogP contribution in [0.4, 0.5) is 4.79 Å². The van der Waals surface area contributed by atoms with Gasteiger partial charge in [-0.1, -0.05) is 0 Å². The molecule has 1 aromatic heterocycles. The lowest BCUT2D eigenvalue weighted by molar-refractivity contribution is 0.0283. The zero-order valence-electron chi connectivity index (χ0n) is 14.1. The summed E-state index contributed by atoms with van der Waals surface area (Å²) in [5, 5.41) is 14.0. The molecule has 0 aliphatic carbocycles. The number of hydrogen-bond donors (Lipinski definition) is 1. The minimum Gasteiger partial charge on any atom is -0.444 e. The van der Waals surface area contributed by atoms with Gasteiger partial charge in [0.1, 0.15) is 5.60 Å². The third-order valence-electron chi connectivity index (χ3n) is 3.91. The Labute approximate surface area is 132 Å². The van der Waals surface area contributed by atoms with E-state index in [2.05, 4.69) is 18.9 Å². The summed E-state index contributed by atoms with van der Waals surface area (Å²) in [4.78, 5) is 13.9. The molecule has 124 valence electrons. The van der Waals surface area contributed by atoms with Gasteiger partial charge < -0.3 is 14.7 Å². The van der Waals surface area contributed by atoms with Gasteiger partial charge in [-0.05, 0) is 40.2 Å². The molecule has 22 heavy (non-hydrogen) atoms. The van der Waals surface area contributed by atoms with Crippen molar-refractivity contribution in [1.29, 1.82) is 0 Å². The van der Waals surface area contributed by atoms with Gasteiger partial charge in [-0.2, -0.15) is 5.10 Å². The summed E-state index contributed by atoms with van der Waals surface area (Å²) >= 11 is 0. The van der Waals surface area contributed by atoms with Gasteiger partial charge in [-0.25, -0.2) is 4.79 Å². The van der Waals surface area contributed by atoms with Crippen molar-refractivity contribution in [3.63, 3.8) is 0 Å². The fourth-order valence-electron chi connectivity index (χ4n) is 2.74. The van der Waals surface area contributed by atoms with Crippen LogP contribution in [0.2, 0.25) is 0 Å². The van der Waals surface area contributed by atoms with E-state index in [-0.39, 0.29) is 24.5 Å². The highest BCUT2D eigenvalue weighted by molar-refractivity contribution is 5.68. The zero-order valence-corrected chi connectivity index (χ0v) is 14.1. The fraction of sp³-hybridized carbons (Fsp3) is 0.750. The van der Waals surface area contributed by atoms with Crippen LogP contribution in [0.15, 0.2) is 12.4 Å². The Bertz CT molecular complexity index is 519. The number of likely N-dealkylation sites (tertiary alicyclic amines) is 1. The Balaban J connectivity index is 2.10. The first-order valence-electron chi connectivity index (χ1n) is 7.84. The highest BCUT2D eigenvalue weighted by atomic mass is 16.6. The van der Waals surface area contributed by atoms with E-state index in [1.165, 1.54) is 0 Å². The molecule has 1 aliphatic heterocycles. The Kier molecular flexibility index (Phi) is 4.80. The molecule has 2 atom stereocenters. The van der Waals surface area contributed by atoms with Crippen molar-refractivity contribution >= 4 is 6.09 Å². The fourth-order valence-corrected chi connectivity index (χ4v) is 2.74. The highest BCUT2D eigenvalue weighted by Crippen LogP contribution is 2.33. The molecular weight excluding hydrogens is 282 g/mol. The largest absolute Gasteiger partial charge is 0.444 e. The zero-order chi connectivity index (χ0) is 16.5. The standard InChI is InChI=1S/C16H27N3O3/c1-11(2)19-8-12(6-17-19)14-9-18(7-13(14)10-20)15(21)22-16(3,4)5/h6,8,11,13-14,20H,7,9-10H2,1-5H3/t13-,14-/m0/s1. The van der Waals surface area contributed by atoms with E-state index < -0.39 is 5.60 Å². The highest BCUT2D eigenvalue weighted by Gasteiger charge is 2.38. The minimum absolute atomic E-state index is 0.0253. The average molecular weight is 309 g/mol. The topological polar surface area (TPSA) is 67.6 Å². The van der Waals surface area contributed by atoms with Crippen molar-refractivity contribution in [3.8, 4) is 0 Å². The summed E-state index contributed by atoms with van der Waals surface area (Å²) in [5.41, 5.74) is 0.561. The maximum absolute atomic E-state index is 12.2. The van der Waals surface area contributed by atoms with Gasteiger partial charge in [-0.3, -0.25) is 4.68 Å². The number of aliphatic hydroxyl groups excluding tert-OH is 1. The maximum atomic E-state index is 12.2. The Morgan fingerprint density at radius 2 is 2.14 bits per heavy atom. The molecule has 1 aromatic rings. The molecule has 1 fully saturated rings. The van der Waals surface area contributed by atoms with Crippen LogP contribution in [0.5, 0.6) is 0 Å². The van der Waals surface area contributed by atoms with Crippen molar-refractivity contribution in [2.24, 2.45) is 5.92 Å². The smallest absolute Gasteiger partial charge is 0.410 e. The Morgan fingerprint density at radius 1 is 1.45 bits per heavy atom. The first-order valence-corrected chi connectivity index (χ1v) is 7.84. The number of hydrogen-bond acceptors (Lipinski definition) is 4. The Morgan fingerprint density at radius 3 is 2.64 bits per heavy atom. The van der Waals surface area contributed by atoms with E-state index in [9.17, 15) is 9.90 Å². The number of ether oxygens (including phenoxy) is 1. The number of aromatic nitrogens is 2. The predicted octanol–water partition coefficient (Wildman–Crippen LogP) is 2.41. The SMILES string of the molecule is CC(C)n1cc([C@@H]2CN(C(=O)OC(C)(C)C)C[C@H]2CO)cn1. The van der Waals surface area contributed by atoms with Crippen LogP contribution in [-0.2, 0) is 4.74 Å². The van der Waals surface area contributed by atoms with Gasteiger partial charge in [0.2, 0.25) is 0 Å². The molecule has 0 unspecified atom stereocenters. The molecule has 6 heteroatoms. The molecule has 2 heterocycles. The van der Waals surface area contributed by atoms with Crippen LogP contribution in [0.1, 0.15) is 52.1 Å². The number of carbonyl (C=O) groups is 1. The van der Waals surface area contributed by atoms with Crippen molar-refractivity contribution in [2.45, 2.75) is 52.2 Å².